The molecule has 2 aromatic heterocycles. The van der Waals surface area contributed by atoms with Crippen LogP contribution in [0.5, 0.6) is 0 Å². The summed E-state index contributed by atoms with van der Waals surface area (Å²) in [7, 11) is 0. The quantitative estimate of drug-likeness (QED) is 0.871. The SMILES string of the molecule is CC[C@@]1(C(=O)NCc2csc(-c3cccs3)n2)C[C@@H]2CC[C@H]1N2. The van der Waals surface area contributed by atoms with Crippen molar-refractivity contribution >= 4 is 28.6 Å². The maximum Gasteiger partial charge on any atom is 0.228 e. The van der Waals surface area contributed by atoms with Gasteiger partial charge in [0.05, 0.1) is 22.5 Å². The van der Waals surface area contributed by atoms with Gasteiger partial charge in [-0.25, -0.2) is 4.98 Å². The first kappa shape index (κ1) is 15.3. The summed E-state index contributed by atoms with van der Waals surface area (Å²) in [6, 6.07) is 5.01. The van der Waals surface area contributed by atoms with Gasteiger partial charge in [-0.05, 0) is 37.1 Å². The van der Waals surface area contributed by atoms with E-state index in [1.165, 1.54) is 11.3 Å². The van der Waals surface area contributed by atoms with Crippen LogP contribution < -0.4 is 10.6 Å². The number of thiazole rings is 1. The monoisotopic (exact) mass is 347 g/mol. The molecule has 4 heterocycles. The van der Waals surface area contributed by atoms with Crippen LogP contribution in [0.1, 0.15) is 38.3 Å². The average molecular weight is 348 g/mol. The molecular formula is C17H21N3OS2. The number of rotatable bonds is 5. The van der Waals surface area contributed by atoms with Crippen molar-refractivity contribution in [3.63, 3.8) is 0 Å². The van der Waals surface area contributed by atoms with Crippen molar-refractivity contribution in [1.29, 1.82) is 0 Å². The van der Waals surface area contributed by atoms with Gasteiger partial charge >= 0.3 is 0 Å². The highest BCUT2D eigenvalue weighted by Gasteiger charge is 2.54. The molecule has 0 spiro atoms. The Morgan fingerprint density at radius 1 is 1.48 bits per heavy atom. The molecule has 2 aromatic rings. The number of nitrogens with zero attached hydrogens (tertiary/aromatic N) is 1. The summed E-state index contributed by atoms with van der Waals surface area (Å²) in [5, 5.41) is 11.9. The third-order valence-corrected chi connectivity index (χ3v) is 7.25. The van der Waals surface area contributed by atoms with Crippen LogP contribution in [-0.2, 0) is 11.3 Å². The van der Waals surface area contributed by atoms with Gasteiger partial charge in [-0.1, -0.05) is 13.0 Å². The maximum absolute atomic E-state index is 12.8. The van der Waals surface area contributed by atoms with Crippen LogP contribution in [0.15, 0.2) is 22.9 Å². The zero-order valence-corrected chi connectivity index (χ0v) is 14.8. The largest absolute Gasteiger partial charge is 0.350 e. The van der Waals surface area contributed by atoms with Gasteiger partial charge in [-0.3, -0.25) is 4.79 Å². The number of nitrogens with one attached hydrogen (secondary N) is 2. The number of thiophene rings is 1. The minimum atomic E-state index is -0.213. The van der Waals surface area contributed by atoms with Gasteiger partial charge in [0.15, 0.2) is 0 Å². The van der Waals surface area contributed by atoms with Gasteiger partial charge in [0.1, 0.15) is 5.01 Å². The van der Waals surface area contributed by atoms with Crippen LogP contribution in [0.3, 0.4) is 0 Å². The normalized spacial score (nSPS) is 29.1. The first-order valence-corrected chi connectivity index (χ1v) is 10.00. The summed E-state index contributed by atoms with van der Waals surface area (Å²) < 4.78 is 0. The zero-order valence-electron chi connectivity index (χ0n) is 13.2. The molecule has 2 aliphatic rings. The fraction of sp³-hybridized carbons (Fsp3) is 0.529. The third kappa shape index (κ3) is 2.62. The number of carbonyl (C=O) groups is 1. The fourth-order valence-corrected chi connectivity index (χ4v) is 5.68. The van der Waals surface area contributed by atoms with Crippen LogP contribution >= 0.6 is 22.7 Å². The van der Waals surface area contributed by atoms with E-state index >= 15 is 0 Å². The summed E-state index contributed by atoms with van der Waals surface area (Å²) in [6.45, 7) is 2.67. The van der Waals surface area contributed by atoms with E-state index in [0.717, 1.165) is 30.0 Å². The zero-order chi connectivity index (χ0) is 15.9. The topological polar surface area (TPSA) is 54.0 Å². The van der Waals surface area contributed by atoms with Crippen LogP contribution in [0.2, 0.25) is 0 Å². The van der Waals surface area contributed by atoms with E-state index < -0.39 is 0 Å². The molecule has 2 fully saturated rings. The summed E-state index contributed by atoms with van der Waals surface area (Å²) >= 11 is 3.34. The van der Waals surface area contributed by atoms with Gasteiger partial charge in [-0.15, -0.1) is 22.7 Å². The molecule has 2 bridgehead atoms. The third-order valence-electron chi connectivity index (χ3n) is 5.32. The van der Waals surface area contributed by atoms with Crippen molar-refractivity contribution in [2.24, 2.45) is 5.41 Å². The van der Waals surface area contributed by atoms with Crippen molar-refractivity contribution < 1.29 is 4.79 Å². The first-order chi connectivity index (χ1) is 11.2. The van der Waals surface area contributed by atoms with Crippen molar-refractivity contribution in [1.82, 2.24) is 15.6 Å². The number of aromatic nitrogens is 1. The molecule has 0 radical (unpaired) electrons. The standard InChI is InChI=1S/C17H21N3OS2/c1-2-17(8-11-5-6-14(17)19-11)16(21)18-9-12-10-23-15(20-12)13-4-3-7-22-13/h3-4,7,10-11,14,19H,2,5-6,8-9H2,1H3,(H,18,21)/t11-,14+,17+/m0/s1. The highest BCUT2D eigenvalue weighted by molar-refractivity contribution is 7.20. The van der Waals surface area contributed by atoms with Crippen molar-refractivity contribution in [3.8, 4) is 9.88 Å². The lowest BCUT2D eigenvalue weighted by Crippen LogP contribution is -2.47. The Bertz CT molecular complexity index is 697. The van der Waals surface area contributed by atoms with E-state index in [1.807, 2.05) is 11.4 Å². The van der Waals surface area contributed by atoms with Crippen LogP contribution in [0.4, 0.5) is 0 Å². The molecule has 122 valence electrons. The van der Waals surface area contributed by atoms with E-state index in [-0.39, 0.29) is 11.3 Å². The van der Waals surface area contributed by atoms with Gasteiger partial charge in [-0.2, -0.15) is 0 Å². The number of fused-ring (bicyclic) bond motifs is 2. The second-order valence-corrected chi connectivity index (χ2v) is 8.32. The molecule has 2 aliphatic heterocycles. The van der Waals surface area contributed by atoms with E-state index in [0.29, 0.717) is 18.6 Å². The average Bonchev–Trinajstić information content (AvgIpc) is 3.35. The van der Waals surface area contributed by atoms with E-state index in [2.05, 4.69) is 34.0 Å². The molecule has 1 amide bonds. The molecule has 0 unspecified atom stereocenters. The Kier molecular flexibility index (Phi) is 3.99. The van der Waals surface area contributed by atoms with Gasteiger partial charge in [0.25, 0.3) is 0 Å². The minimum Gasteiger partial charge on any atom is -0.350 e. The molecule has 0 saturated carbocycles. The lowest BCUT2D eigenvalue weighted by Gasteiger charge is -2.34. The molecule has 2 N–H and O–H groups in total. The second kappa shape index (κ2) is 6.00. The Morgan fingerprint density at radius 3 is 3.04 bits per heavy atom. The fourth-order valence-electron chi connectivity index (χ4n) is 4.05. The summed E-state index contributed by atoms with van der Waals surface area (Å²) in [5.74, 6) is 0.199. The van der Waals surface area contributed by atoms with E-state index in [9.17, 15) is 4.79 Å². The highest BCUT2D eigenvalue weighted by atomic mass is 32.1. The summed E-state index contributed by atoms with van der Waals surface area (Å²) in [6.07, 6.45) is 4.24. The molecule has 4 nitrogen and oxygen atoms in total. The van der Waals surface area contributed by atoms with Gasteiger partial charge in [0.2, 0.25) is 5.91 Å². The van der Waals surface area contributed by atoms with Crippen LogP contribution in [0.25, 0.3) is 9.88 Å². The molecular weight excluding hydrogens is 326 g/mol. The minimum absolute atomic E-state index is 0.199. The lowest BCUT2D eigenvalue weighted by atomic mass is 9.71. The van der Waals surface area contributed by atoms with Gasteiger partial charge in [0, 0.05) is 17.5 Å². The molecule has 23 heavy (non-hydrogen) atoms. The second-order valence-electron chi connectivity index (χ2n) is 6.51. The smallest absolute Gasteiger partial charge is 0.228 e. The number of hydrogen-bond donors (Lipinski definition) is 2. The number of amides is 1. The van der Waals surface area contributed by atoms with Crippen molar-refractivity contribution in [3.05, 3.63) is 28.6 Å². The molecule has 0 aliphatic carbocycles. The summed E-state index contributed by atoms with van der Waals surface area (Å²) in [4.78, 5) is 18.7. The Hall–Kier alpha value is -1.24. The molecule has 0 aromatic carbocycles. The van der Waals surface area contributed by atoms with E-state index in [1.54, 1.807) is 22.7 Å². The van der Waals surface area contributed by atoms with Crippen molar-refractivity contribution in [2.45, 2.75) is 51.2 Å². The molecule has 2 saturated heterocycles. The van der Waals surface area contributed by atoms with Crippen LogP contribution in [0, 0.1) is 5.41 Å². The maximum atomic E-state index is 12.8. The lowest BCUT2D eigenvalue weighted by molar-refractivity contribution is -0.132. The Labute approximate surface area is 144 Å². The van der Waals surface area contributed by atoms with Crippen molar-refractivity contribution in [2.75, 3.05) is 0 Å². The highest BCUT2D eigenvalue weighted by Crippen LogP contribution is 2.45. The Balaban J connectivity index is 1.42. The van der Waals surface area contributed by atoms with E-state index in [4.69, 9.17) is 0 Å². The first-order valence-electron chi connectivity index (χ1n) is 8.24. The molecule has 6 heteroatoms. The van der Waals surface area contributed by atoms with Gasteiger partial charge < -0.3 is 10.6 Å². The Morgan fingerprint density at radius 2 is 2.39 bits per heavy atom. The number of hydrogen-bond acceptors (Lipinski definition) is 5. The summed E-state index contributed by atoms with van der Waals surface area (Å²) in [5.41, 5.74) is 0.740. The molecule has 4 rings (SSSR count). The van der Waals surface area contributed by atoms with Crippen LogP contribution in [-0.4, -0.2) is 23.0 Å². The predicted octanol–water partition coefficient (Wildman–Crippen LogP) is 3.41. The number of carbonyl (C=O) groups excluding carboxylic acids is 1. The predicted molar refractivity (Wildman–Crippen MR) is 94.6 cm³/mol. The molecule has 3 atom stereocenters.